The van der Waals surface area contributed by atoms with Crippen LogP contribution in [0, 0.1) is 17.0 Å². The van der Waals surface area contributed by atoms with Gasteiger partial charge in [0, 0.05) is 18.7 Å². The lowest BCUT2D eigenvalue weighted by atomic mass is 10.2. The molecule has 0 saturated carbocycles. The first-order valence-electron chi connectivity index (χ1n) is 10.3. The normalized spacial score (nSPS) is 10.6. The number of anilines is 1. The fourth-order valence-corrected chi connectivity index (χ4v) is 4.21. The van der Waals surface area contributed by atoms with Gasteiger partial charge in [-0.15, -0.1) is 0 Å². The first-order chi connectivity index (χ1) is 17.3. The Kier molecular flexibility index (Phi) is 7.12. The molecule has 0 aliphatic rings. The molecule has 0 aliphatic heterocycles. The largest absolute Gasteiger partial charge is 0.325 e. The van der Waals surface area contributed by atoms with Gasteiger partial charge < -0.3 is 5.32 Å². The lowest BCUT2D eigenvalue weighted by Gasteiger charge is -2.11. The van der Waals surface area contributed by atoms with Crippen molar-refractivity contribution < 1.29 is 9.72 Å². The molecular weight excluding hydrogens is 506 g/mol. The van der Waals surface area contributed by atoms with Gasteiger partial charge in [-0.05, 0) is 55.2 Å². The van der Waals surface area contributed by atoms with Crippen LogP contribution in [0.3, 0.4) is 0 Å². The maximum absolute atomic E-state index is 13.0. The number of hydrogen-bond donors (Lipinski definition) is 4. The van der Waals surface area contributed by atoms with E-state index in [0.717, 1.165) is 17.8 Å². The highest BCUT2D eigenvalue weighted by Gasteiger charge is 2.20. The average molecular weight is 526 g/mol. The number of hydrogen-bond acceptors (Lipinski definition) is 8. The summed E-state index contributed by atoms with van der Waals surface area (Å²) >= 11 is 6.23. The topological polar surface area (TPSA) is 165 Å². The van der Waals surface area contributed by atoms with Gasteiger partial charge >= 0.3 is 0 Å². The highest BCUT2D eigenvalue weighted by molar-refractivity contribution is 7.99. The summed E-state index contributed by atoms with van der Waals surface area (Å²) in [4.78, 5) is 40.7. The zero-order valence-corrected chi connectivity index (χ0v) is 20.5. The molecule has 184 valence electrons. The Morgan fingerprint density at radius 1 is 1.19 bits per heavy atom. The maximum Gasteiger partial charge on any atom is 0.295 e. The lowest BCUT2D eigenvalue weighted by molar-refractivity contribution is -0.387. The fourth-order valence-electron chi connectivity index (χ4n) is 3.28. The number of amides is 1. The highest BCUT2D eigenvalue weighted by Crippen LogP contribution is 2.33. The van der Waals surface area contributed by atoms with E-state index in [1.807, 2.05) is 18.2 Å². The number of aromatic amines is 1. The van der Waals surface area contributed by atoms with Crippen molar-refractivity contribution >= 4 is 46.4 Å². The van der Waals surface area contributed by atoms with Gasteiger partial charge in [0.05, 0.1) is 21.2 Å². The van der Waals surface area contributed by atoms with Gasteiger partial charge in [0.25, 0.3) is 17.2 Å². The van der Waals surface area contributed by atoms with E-state index in [1.54, 1.807) is 30.8 Å². The van der Waals surface area contributed by atoms with Crippen LogP contribution >= 0.6 is 24.0 Å². The Morgan fingerprint density at radius 3 is 2.61 bits per heavy atom. The van der Waals surface area contributed by atoms with Gasteiger partial charge in [-0.25, -0.2) is 9.67 Å². The number of thiocarbonyl (C=S) groups is 1. The zero-order valence-electron chi connectivity index (χ0n) is 18.9. The van der Waals surface area contributed by atoms with Gasteiger partial charge in [0.15, 0.2) is 10.3 Å². The Bertz CT molecular complexity index is 1500. The molecule has 0 spiro atoms. The van der Waals surface area contributed by atoms with Crippen molar-refractivity contribution in [2.75, 3.05) is 5.32 Å². The number of carbonyl (C=O) groups excluding carboxylic acids is 1. The molecule has 4 rings (SSSR count). The average Bonchev–Trinajstić information content (AvgIpc) is 3.45. The molecular formula is C21H19N9O4S2. The molecule has 2 heterocycles. The number of aromatic nitrogens is 5. The van der Waals surface area contributed by atoms with Crippen molar-refractivity contribution in [2.24, 2.45) is 7.05 Å². The third-order valence-corrected chi connectivity index (χ3v) is 6.26. The third kappa shape index (κ3) is 5.11. The van der Waals surface area contributed by atoms with E-state index in [1.165, 1.54) is 23.1 Å². The molecule has 4 N–H and O–H groups in total. The lowest BCUT2D eigenvalue weighted by Crippen LogP contribution is -2.44. The van der Waals surface area contributed by atoms with E-state index < -0.39 is 10.8 Å². The third-order valence-electron chi connectivity index (χ3n) is 5.10. The number of para-hydroxylation sites is 1. The summed E-state index contributed by atoms with van der Waals surface area (Å²) in [6, 6.07) is 13.1. The molecule has 2 aromatic heterocycles. The van der Waals surface area contributed by atoms with Gasteiger partial charge in [-0.3, -0.25) is 40.3 Å². The number of nitro groups is 1. The summed E-state index contributed by atoms with van der Waals surface area (Å²) in [5.41, 5.74) is 5.86. The minimum Gasteiger partial charge on any atom is -0.325 e. The zero-order chi connectivity index (χ0) is 25.8. The molecule has 0 radical (unpaired) electrons. The summed E-state index contributed by atoms with van der Waals surface area (Å²) in [5.74, 6) is -0.662. The molecule has 2 aromatic carbocycles. The molecule has 15 heteroatoms. The van der Waals surface area contributed by atoms with Crippen LogP contribution in [0.25, 0.3) is 5.69 Å². The maximum atomic E-state index is 13.0. The number of hydrazine groups is 1. The second-order valence-corrected chi connectivity index (χ2v) is 8.74. The summed E-state index contributed by atoms with van der Waals surface area (Å²) < 4.78 is 3.16. The van der Waals surface area contributed by atoms with E-state index in [4.69, 9.17) is 12.2 Å². The van der Waals surface area contributed by atoms with E-state index >= 15 is 0 Å². The van der Waals surface area contributed by atoms with Crippen LogP contribution in [0.2, 0.25) is 0 Å². The smallest absolute Gasteiger partial charge is 0.295 e. The number of benzene rings is 2. The first-order valence-corrected chi connectivity index (χ1v) is 11.5. The van der Waals surface area contributed by atoms with E-state index in [9.17, 15) is 19.7 Å². The number of nitrogens with zero attached hydrogens (tertiary/aromatic N) is 5. The van der Waals surface area contributed by atoms with Gasteiger partial charge in [-0.2, -0.15) is 5.10 Å². The van der Waals surface area contributed by atoms with Gasteiger partial charge in [0.1, 0.15) is 12.0 Å². The van der Waals surface area contributed by atoms with E-state index in [0.29, 0.717) is 16.5 Å². The van der Waals surface area contributed by atoms with Crippen molar-refractivity contribution in [3.63, 3.8) is 0 Å². The molecule has 1 amide bonds. The highest BCUT2D eigenvalue weighted by atomic mass is 32.2. The Balaban J connectivity index is 1.45. The number of H-pyrrole nitrogens is 1. The van der Waals surface area contributed by atoms with Crippen molar-refractivity contribution in [3.8, 4) is 5.69 Å². The molecule has 0 bridgehead atoms. The van der Waals surface area contributed by atoms with Crippen LogP contribution in [0.4, 0.5) is 11.4 Å². The quantitative estimate of drug-likeness (QED) is 0.167. The summed E-state index contributed by atoms with van der Waals surface area (Å²) in [5, 5.41) is 21.0. The predicted octanol–water partition coefficient (Wildman–Crippen LogP) is 2.29. The SMILES string of the molecule is Cc1c(NC(=S)NNC(=O)c2ccc(Sc3ncn[nH]3)c([N+](=O)[O-])c2)c(=O)n(-c2ccccc2)n1C. The number of nitro benzene ring substituents is 1. The minimum absolute atomic E-state index is 0.0289. The minimum atomic E-state index is -0.662. The number of nitrogens with one attached hydrogen (secondary N) is 4. The van der Waals surface area contributed by atoms with Crippen LogP contribution < -0.4 is 21.7 Å². The Hall–Kier alpha value is -4.50. The second kappa shape index (κ2) is 10.4. The summed E-state index contributed by atoms with van der Waals surface area (Å²) in [6.45, 7) is 1.75. The molecule has 4 aromatic rings. The molecule has 0 atom stereocenters. The molecule has 0 fully saturated rings. The van der Waals surface area contributed by atoms with E-state index in [-0.39, 0.29) is 32.5 Å². The number of rotatable bonds is 6. The second-order valence-electron chi connectivity index (χ2n) is 7.30. The van der Waals surface area contributed by atoms with Gasteiger partial charge in [-0.1, -0.05) is 18.2 Å². The summed E-state index contributed by atoms with van der Waals surface area (Å²) in [7, 11) is 1.74. The van der Waals surface area contributed by atoms with Crippen molar-refractivity contribution in [1.29, 1.82) is 0 Å². The molecule has 0 saturated heterocycles. The van der Waals surface area contributed by atoms with Crippen LogP contribution in [0.15, 0.2) is 69.7 Å². The van der Waals surface area contributed by atoms with Crippen molar-refractivity contribution in [3.05, 3.63) is 86.6 Å². The Morgan fingerprint density at radius 2 is 1.94 bits per heavy atom. The fraction of sp³-hybridized carbons (Fsp3) is 0.0952. The monoisotopic (exact) mass is 525 g/mol. The standard InChI is InChI=1S/C21H19N9O4S2/c1-12-17(19(32)29(28(12)2)14-6-4-3-5-7-14)24-20(35)26-25-18(31)13-8-9-16(15(10-13)30(33)34)36-21-22-11-23-27-21/h3-11H,1-2H3,(H,25,31)(H,22,23,27)(H2,24,26,35). The molecule has 0 aliphatic carbocycles. The molecule has 36 heavy (non-hydrogen) atoms. The van der Waals surface area contributed by atoms with Crippen LogP contribution in [-0.4, -0.2) is 40.5 Å². The van der Waals surface area contributed by atoms with Gasteiger partial charge in [0.2, 0.25) is 0 Å². The first kappa shape index (κ1) is 24.6. The van der Waals surface area contributed by atoms with Crippen LogP contribution in [-0.2, 0) is 7.05 Å². The van der Waals surface area contributed by atoms with Crippen LogP contribution in [0.1, 0.15) is 16.1 Å². The number of carbonyl (C=O) groups is 1. The van der Waals surface area contributed by atoms with Crippen LogP contribution in [0.5, 0.6) is 0 Å². The van der Waals surface area contributed by atoms with E-state index in [2.05, 4.69) is 31.3 Å². The van der Waals surface area contributed by atoms with Crippen molar-refractivity contribution in [1.82, 2.24) is 35.4 Å². The summed E-state index contributed by atoms with van der Waals surface area (Å²) in [6.07, 6.45) is 1.28. The van der Waals surface area contributed by atoms with Crippen molar-refractivity contribution in [2.45, 2.75) is 17.0 Å². The molecule has 13 nitrogen and oxygen atoms in total. The molecule has 0 unspecified atom stereocenters. The Labute approximate surface area is 213 Å². The predicted molar refractivity (Wildman–Crippen MR) is 136 cm³/mol.